The number of rotatable bonds is 6. The van der Waals surface area contributed by atoms with Gasteiger partial charge in [0.05, 0.1) is 34.6 Å². The molecule has 0 radical (unpaired) electrons. The van der Waals surface area contributed by atoms with Crippen molar-refractivity contribution in [3.05, 3.63) is 52.6 Å². The second kappa shape index (κ2) is 9.57. The van der Waals surface area contributed by atoms with Gasteiger partial charge in [0, 0.05) is 31.6 Å². The summed E-state index contributed by atoms with van der Waals surface area (Å²) in [6.07, 6.45) is 2.05. The summed E-state index contributed by atoms with van der Waals surface area (Å²) >= 11 is 1.47. The van der Waals surface area contributed by atoms with Crippen molar-refractivity contribution in [1.29, 1.82) is 0 Å². The molecular weight excluding hydrogens is 488 g/mol. The first kappa shape index (κ1) is 23.7. The van der Waals surface area contributed by atoms with Crippen LogP contribution in [0.1, 0.15) is 12.8 Å². The molecule has 11 heteroatoms. The number of benzene rings is 2. The van der Waals surface area contributed by atoms with E-state index in [0.29, 0.717) is 23.7 Å². The standard InChI is InChI=1S/C24H26N4O5S2/c1-27(2)35(30,31)19-7-3-5-17(12-19)25-24-28(13-18-6-4-10-32-18)21(15-34-24)16-8-9-22-20(11-16)26-23(29)14-33-22/h3,5,7-9,11-12,15,18H,4,6,10,13-14H2,1-2H3,(H,26,29). The molecule has 2 aliphatic heterocycles. The van der Waals surface area contributed by atoms with E-state index in [1.165, 1.54) is 29.7 Å². The lowest BCUT2D eigenvalue weighted by Gasteiger charge is -2.19. The van der Waals surface area contributed by atoms with Gasteiger partial charge in [-0.2, -0.15) is 0 Å². The maximum Gasteiger partial charge on any atom is 0.262 e. The molecule has 0 saturated carbocycles. The highest BCUT2D eigenvalue weighted by molar-refractivity contribution is 7.89. The molecule has 1 unspecified atom stereocenters. The van der Waals surface area contributed by atoms with Crippen LogP contribution in [0.5, 0.6) is 5.75 Å². The van der Waals surface area contributed by atoms with Crippen molar-refractivity contribution in [3.63, 3.8) is 0 Å². The smallest absolute Gasteiger partial charge is 0.262 e. The molecule has 1 saturated heterocycles. The summed E-state index contributed by atoms with van der Waals surface area (Å²) in [4.78, 5) is 17.5. The summed E-state index contributed by atoms with van der Waals surface area (Å²) in [5.74, 6) is 0.452. The van der Waals surface area contributed by atoms with Crippen LogP contribution in [0.2, 0.25) is 0 Å². The van der Waals surface area contributed by atoms with Crippen molar-refractivity contribution in [2.24, 2.45) is 4.99 Å². The quantitative estimate of drug-likeness (QED) is 0.544. The van der Waals surface area contributed by atoms with Crippen LogP contribution in [0.3, 0.4) is 0 Å². The maximum atomic E-state index is 12.6. The molecule has 1 atom stereocenters. The third kappa shape index (κ3) is 4.90. The van der Waals surface area contributed by atoms with E-state index in [1.807, 2.05) is 23.6 Å². The zero-order valence-corrected chi connectivity index (χ0v) is 21.1. The first-order chi connectivity index (χ1) is 16.8. The van der Waals surface area contributed by atoms with Gasteiger partial charge >= 0.3 is 0 Å². The van der Waals surface area contributed by atoms with Gasteiger partial charge in [-0.1, -0.05) is 6.07 Å². The van der Waals surface area contributed by atoms with Crippen molar-refractivity contribution < 1.29 is 22.7 Å². The number of ether oxygens (including phenoxy) is 2. The van der Waals surface area contributed by atoms with E-state index in [1.54, 1.807) is 24.3 Å². The number of nitrogens with zero attached hydrogens (tertiary/aromatic N) is 3. The number of amides is 1. The second-order valence-electron chi connectivity index (χ2n) is 8.59. The van der Waals surface area contributed by atoms with Gasteiger partial charge < -0.3 is 19.4 Å². The molecule has 5 rings (SSSR count). The average Bonchev–Trinajstić information content (AvgIpc) is 3.49. The summed E-state index contributed by atoms with van der Waals surface area (Å²) < 4.78 is 39.9. The van der Waals surface area contributed by atoms with E-state index in [2.05, 4.69) is 9.88 Å². The Morgan fingerprint density at radius 3 is 2.86 bits per heavy atom. The number of sulfonamides is 1. The average molecular weight is 515 g/mol. The Morgan fingerprint density at radius 1 is 1.23 bits per heavy atom. The first-order valence-corrected chi connectivity index (χ1v) is 13.6. The van der Waals surface area contributed by atoms with Gasteiger partial charge in [0.15, 0.2) is 11.4 Å². The van der Waals surface area contributed by atoms with Crippen LogP contribution in [0.15, 0.2) is 57.7 Å². The first-order valence-electron chi connectivity index (χ1n) is 11.3. The Bertz CT molecular complexity index is 1440. The van der Waals surface area contributed by atoms with Gasteiger partial charge in [-0.25, -0.2) is 17.7 Å². The van der Waals surface area contributed by atoms with Gasteiger partial charge in [0.1, 0.15) is 5.75 Å². The van der Waals surface area contributed by atoms with Crippen LogP contribution >= 0.6 is 11.3 Å². The lowest BCUT2D eigenvalue weighted by atomic mass is 10.1. The van der Waals surface area contributed by atoms with Gasteiger partial charge in [-0.15, -0.1) is 11.3 Å². The predicted octanol–water partition coefficient (Wildman–Crippen LogP) is 3.21. The molecule has 1 amide bonds. The summed E-state index contributed by atoms with van der Waals surface area (Å²) in [6.45, 7) is 1.37. The second-order valence-corrected chi connectivity index (χ2v) is 11.6. The van der Waals surface area contributed by atoms with Gasteiger partial charge in [-0.3, -0.25) is 4.79 Å². The van der Waals surface area contributed by atoms with E-state index >= 15 is 0 Å². The largest absolute Gasteiger partial charge is 0.482 e. The Morgan fingerprint density at radius 2 is 2.09 bits per heavy atom. The number of anilines is 1. The molecule has 0 aliphatic carbocycles. The lowest BCUT2D eigenvalue weighted by molar-refractivity contribution is -0.118. The summed E-state index contributed by atoms with van der Waals surface area (Å²) in [5, 5.41) is 4.88. The van der Waals surface area contributed by atoms with E-state index in [-0.39, 0.29) is 23.5 Å². The zero-order chi connectivity index (χ0) is 24.6. The fourth-order valence-electron chi connectivity index (χ4n) is 4.10. The topological polar surface area (TPSA) is 102 Å². The van der Waals surface area contributed by atoms with E-state index in [9.17, 15) is 13.2 Å². The molecule has 1 aromatic heterocycles. The number of hydrogen-bond donors (Lipinski definition) is 1. The van der Waals surface area contributed by atoms with Crippen LogP contribution in [0.25, 0.3) is 11.3 Å². The minimum atomic E-state index is -3.57. The lowest BCUT2D eigenvalue weighted by Crippen LogP contribution is -2.25. The summed E-state index contributed by atoms with van der Waals surface area (Å²) in [7, 11) is -0.555. The molecule has 9 nitrogen and oxygen atoms in total. The summed E-state index contributed by atoms with van der Waals surface area (Å²) in [6, 6.07) is 12.3. The maximum absolute atomic E-state index is 12.6. The van der Waals surface area contributed by atoms with Crippen LogP contribution in [0.4, 0.5) is 11.4 Å². The molecule has 35 heavy (non-hydrogen) atoms. The molecule has 2 aliphatic rings. The SMILES string of the molecule is CN(C)S(=O)(=O)c1cccc(N=c2scc(-c3ccc4c(c3)NC(=O)CO4)n2CC2CCCO2)c1. The molecule has 3 heterocycles. The highest BCUT2D eigenvalue weighted by Gasteiger charge is 2.22. The van der Waals surface area contributed by atoms with Crippen molar-refractivity contribution >= 4 is 38.6 Å². The Kier molecular flexibility index (Phi) is 6.49. The molecule has 184 valence electrons. The Balaban J connectivity index is 1.58. The molecule has 1 N–H and O–H groups in total. The number of fused-ring (bicyclic) bond motifs is 1. The van der Waals surface area contributed by atoms with Crippen LogP contribution in [-0.4, -0.2) is 56.6 Å². The third-order valence-corrected chi connectivity index (χ3v) is 8.61. The van der Waals surface area contributed by atoms with Crippen LogP contribution in [0, 0.1) is 0 Å². The fourth-order valence-corrected chi connectivity index (χ4v) is 5.98. The van der Waals surface area contributed by atoms with E-state index in [4.69, 9.17) is 14.5 Å². The number of aromatic nitrogens is 1. The van der Waals surface area contributed by atoms with E-state index in [0.717, 1.165) is 35.5 Å². The van der Waals surface area contributed by atoms with Gasteiger partial charge in [0.25, 0.3) is 5.91 Å². The molecule has 1 fully saturated rings. The number of carbonyl (C=O) groups is 1. The van der Waals surface area contributed by atoms with Crippen molar-refractivity contribution in [2.45, 2.75) is 30.4 Å². The van der Waals surface area contributed by atoms with Crippen molar-refractivity contribution in [1.82, 2.24) is 8.87 Å². The normalized spacial score (nSPS) is 18.4. The molecule has 2 aromatic carbocycles. The van der Waals surface area contributed by atoms with Crippen LogP contribution in [-0.2, 0) is 26.1 Å². The van der Waals surface area contributed by atoms with Gasteiger partial charge in [0.2, 0.25) is 10.0 Å². The van der Waals surface area contributed by atoms with Crippen molar-refractivity contribution in [3.8, 4) is 17.0 Å². The fraction of sp³-hybridized carbons (Fsp3) is 0.333. The predicted molar refractivity (Wildman–Crippen MR) is 133 cm³/mol. The van der Waals surface area contributed by atoms with Gasteiger partial charge in [-0.05, 0) is 49.2 Å². The molecule has 0 spiro atoms. The van der Waals surface area contributed by atoms with E-state index < -0.39 is 10.0 Å². The molecule has 3 aromatic rings. The highest BCUT2D eigenvalue weighted by Crippen LogP contribution is 2.33. The third-order valence-electron chi connectivity index (χ3n) is 5.94. The minimum Gasteiger partial charge on any atom is -0.482 e. The Hall–Kier alpha value is -2.99. The minimum absolute atomic E-state index is 0.00938. The van der Waals surface area contributed by atoms with Crippen LogP contribution < -0.4 is 14.9 Å². The molecule has 0 bridgehead atoms. The Labute approximate surface area is 207 Å². The molecular formula is C24H26N4O5S2. The number of hydrogen-bond acceptors (Lipinski definition) is 7. The number of thiazole rings is 1. The number of carbonyl (C=O) groups excluding carboxylic acids is 1. The van der Waals surface area contributed by atoms with Crippen molar-refractivity contribution in [2.75, 3.05) is 32.6 Å². The highest BCUT2D eigenvalue weighted by atomic mass is 32.2. The summed E-state index contributed by atoms with van der Waals surface area (Å²) in [5.41, 5.74) is 3.03. The number of nitrogens with one attached hydrogen (secondary N) is 1. The zero-order valence-electron chi connectivity index (χ0n) is 19.4. The monoisotopic (exact) mass is 514 g/mol.